The van der Waals surface area contributed by atoms with E-state index in [9.17, 15) is 18.0 Å². The molecule has 0 aliphatic carbocycles. The zero-order chi connectivity index (χ0) is 15.3. The van der Waals surface area contributed by atoms with Crippen molar-refractivity contribution in [3.05, 3.63) is 0 Å². The van der Waals surface area contributed by atoms with E-state index in [1.807, 2.05) is 0 Å². The number of hydrogen-bond acceptors (Lipinski definition) is 4. The molecule has 0 radical (unpaired) electrons. The molecule has 2 atom stereocenters. The van der Waals surface area contributed by atoms with E-state index in [1.165, 1.54) is 13.8 Å². The van der Waals surface area contributed by atoms with Gasteiger partial charge in [0.2, 0.25) is 5.91 Å². The molecule has 0 aromatic heterocycles. The van der Waals surface area contributed by atoms with Gasteiger partial charge in [-0.3, -0.25) is 9.59 Å². The molecule has 2 unspecified atom stereocenters. The summed E-state index contributed by atoms with van der Waals surface area (Å²) in [6.07, 6.45) is 3.90. The van der Waals surface area contributed by atoms with Crippen molar-refractivity contribution in [1.82, 2.24) is 4.90 Å². The molecule has 0 saturated carbocycles. The third kappa shape index (κ3) is 4.47. The fourth-order valence-electron chi connectivity index (χ4n) is 2.27. The summed E-state index contributed by atoms with van der Waals surface area (Å²) in [6, 6.07) is 0. The molecule has 0 bridgehead atoms. The molecule has 0 aromatic rings. The Kier molecular flexibility index (Phi) is 5.98. The van der Waals surface area contributed by atoms with Gasteiger partial charge in [0.05, 0.1) is 11.7 Å². The maximum absolute atomic E-state index is 12.2. The van der Waals surface area contributed by atoms with Crippen molar-refractivity contribution in [1.29, 1.82) is 0 Å². The molecule has 6 nitrogen and oxygen atoms in total. The Morgan fingerprint density at radius 2 is 1.60 bits per heavy atom. The fourth-order valence-corrected chi connectivity index (χ4v) is 3.85. The Morgan fingerprint density at radius 3 is 2.05 bits per heavy atom. The summed E-state index contributed by atoms with van der Waals surface area (Å²) in [6.45, 7) is 3.88. The predicted octanol–water partition coefficient (Wildman–Crippen LogP) is 0.913. The van der Waals surface area contributed by atoms with Crippen molar-refractivity contribution in [2.45, 2.75) is 44.8 Å². The summed E-state index contributed by atoms with van der Waals surface area (Å²) < 4.78 is 24.2. The summed E-state index contributed by atoms with van der Waals surface area (Å²) in [5, 5.41) is 7.63. The zero-order valence-electron chi connectivity index (χ0n) is 12.0. The van der Waals surface area contributed by atoms with Crippen molar-refractivity contribution in [2.24, 2.45) is 5.92 Å². The minimum Gasteiger partial charge on any atom is -0.481 e. The highest BCUT2D eigenvalue weighted by Crippen LogP contribution is 2.15. The third-order valence-corrected chi connectivity index (χ3v) is 5.95. The van der Waals surface area contributed by atoms with Gasteiger partial charge in [-0.25, -0.2) is 8.42 Å². The Hall–Kier alpha value is -1.11. The van der Waals surface area contributed by atoms with Crippen LogP contribution < -0.4 is 0 Å². The maximum Gasteiger partial charge on any atom is 0.307 e. The van der Waals surface area contributed by atoms with Gasteiger partial charge in [0, 0.05) is 13.1 Å². The molecule has 0 aromatic carbocycles. The van der Waals surface area contributed by atoms with Crippen molar-refractivity contribution in [3.63, 3.8) is 0 Å². The van der Waals surface area contributed by atoms with Crippen LogP contribution in [-0.2, 0) is 19.4 Å². The molecule has 1 aliphatic heterocycles. The van der Waals surface area contributed by atoms with Gasteiger partial charge in [-0.1, -0.05) is 19.8 Å². The van der Waals surface area contributed by atoms with Gasteiger partial charge in [0.25, 0.3) is 0 Å². The minimum absolute atomic E-state index is 0.399. The average Bonchev–Trinajstić information content (AvgIpc) is 2.65. The highest BCUT2D eigenvalue weighted by Gasteiger charge is 2.34. The van der Waals surface area contributed by atoms with Crippen LogP contribution in [0.2, 0.25) is 0 Å². The van der Waals surface area contributed by atoms with Gasteiger partial charge < -0.3 is 10.0 Å². The first-order valence-electron chi connectivity index (χ1n) is 6.99. The van der Waals surface area contributed by atoms with E-state index in [0.717, 1.165) is 25.7 Å². The topological polar surface area (TPSA) is 91.8 Å². The largest absolute Gasteiger partial charge is 0.481 e. The van der Waals surface area contributed by atoms with Crippen molar-refractivity contribution < 1.29 is 23.1 Å². The Balaban J connectivity index is 2.73. The number of amides is 1. The first kappa shape index (κ1) is 16.9. The Bertz CT molecular complexity index is 451. The number of nitrogens with zero attached hydrogens (tertiary/aromatic N) is 1. The summed E-state index contributed by atoms with van der Waals surface area (Å²) >= 11 is 0. The number of rotatable bonds is 5. The lowest BCUT2D eigenvalue weighted by atomic mass is 10.2. The molecule has 1 N–H and O–H groups in total. The van der Waals surface area contributed by atoms with Crippen molar-refractivity contribution >= 4 is 21.7 Å². The monoisotopic (exact) mass is 305 g/mol. The van der Waals surface area contributed by atoms with E-state index < -0.39 is 38.6 Å². The van der Waals surface area contributed by atoms with Gasteiger partial charge >= 0.3 is 5.97 Å². The first-order valence-corrected chi connectivity index (χ1v) is 8.70. The van der Waals surface area contributed by atoms with E-state index in [2.05, 4.69) is 0 Å². The normalized spacial score (nSPS) is 20.0. The fraction of sp³-hybridized carbons (Fsp3) is 0.846. The van der Waals surface area contributed by atoms with Crippen LogP contribution in [0.3, 0.4) is 0 Å². The van der Waals surface area contributed by atoms with Crippen LogP contribution in [-0.4, -0.2) is 54.4 Å². The standard InChI is InChI=1S/C13H23NO5S/c1-10(13(16)17)9-20(18,19)11(2)12(15)14-7-5-3-4-6-8-14/h10-11H,3-9H2,1-2H3,(H,16,17). The molecule has 1 rings (SSSR count). The molecule has 20 heavy (non-hydrogen) atoms. The van der Waals surface area contributed by atoms with Crippen molar-refractivity contribution in [2.75, 3.05) is 18.8 Å². The van der Waals surface area contributed by atoms with Crippen LogP contribution in [0.5, 0.6) is 0 Å². The lowest BCUT2D eigenvalue weighted by Gasteiger charge is -2.24. The third-order valence-electron chi connectivity index (χ3n) is 3.71. The minimum atomic E-state index is -3.74. The van der Waals surface area contributed by atoms with Crippen molar-refractivity contribution in [3.8, 4) is 0 Å². The van der Waals surface area contributed by atoms with E-state index in [4.69, 9.17) is 5.11 Å². The highest BCUT2D eigenvalue weighted by molar-refractivity contribution is 7.92. The van der Waals surface area contributed by atoms with Crippen LogP contribution in [0, 0.1) is 5.92 Å². The average molecular weight is 305 g/mol. The van der Waals surface area contributed by atoms with Gasteiger partial charge in [-0.15, -0.1) is 0 Å². The summed E-state index contributed by atoms with van der Waals surface area (Å²) in [5.74, 6) is -3.06. The van der Waals surface area contributed by atoms with Crippen LogP contribution >= 0.6 is 0 Å². The number of carbonyl (C=O) groups excluding carboxylic acids is 1. The molecule has 1 saturated heterocycles. The molecule has 1 heterocycles. The molecular formula is C13H23NO5S. The van der Waals surface area contributed by atoms with Gasteiger partial charge in [-0.05, 0) is 19.8 Å². The molecule has 1 amide bonds. The number of sulfone groups is 1. The molecule has 0 spiro atoms. The SMILES string of the molecule is CC(CS(=O)(=O)C(C)C(=O)N1CCCCCC1)C(=O)O. The molecule has 1 fully saturated rings. The second kappa shape index (κ2) is 7.06. The highest BCUT2D eigenvalue weighted by atomic mass is 32.2. The number of hydrogen-bond donors (Lipinski definition) is 1. The first-order chi connectivity index (χ1) is 9.25. The van der Waals surface area contributed by atoms with Gasteiger partial charge in [-0.2, -0.15) is 0 Å². The predicted molar refractivity (Wildman–Crippen MR) is 75.1 cm³/mol. The Morgan fingerprint density at radius 1 is 1.10 bits per heavy atom. The van der Waals surface area contributed by atoms with Gasteiger partial charge in [0.1, 0.15) is 5.25 Å². The second-order valence-electron chi connectivity index (χ2n) is 5.45. The number of aliphatic carboxylic acids is 1. The van der Waals surface area contributed by atoms with Crippen LogP contribution in [0.4, 0.5) is 0 Å². The molecule has 7 heteroatoms. The smallest absolute Gasteiger partial charge is 0.307 e. The van der Waals surface area contributed by atoms with E-state index in [0.29, 0.717) is 13.1 Å². The molecule has 116 valence electrons. The van der Waals surface area contributed by atoms with E-state index in [1.54, 1.807) is 4.90 Å². The number of carboxylic acid groups (broad SMARTS) is 1. The zero-order valence-corrected chi connectivity index (χ0v) is 12.9. The number of carbonyl (C=O) groups is 2. The number of likely N-dealkylation sites (tertiary alicyclic amines) is 1. The quantitative estimate of drug-likeness (QED) is 0.815. The lowest BCUT2D eigenvalue weighted by Crippen LogP contribution is -2.43. The Labute approximate surface area is 120 Å². The summed E-state index contributed by atoms with van der Waals surface area (Å²) in [7, 11) is -3.74. The number of carboxylic acids is 1. The van der Waals surface area contributed by atoms with Crippen LogP contribution in [0.1, 0.15) is 39.5 Å². The summed E-state index contributed by atoms with van der Waals surface area (Å²) in [5.41, 5.74) is 0. The van der Waals surface area contributed by atoms with Crippen LogP contribution in [0.25, 0.3) is 0 Å². The van der Waals surface area contributed by atoms with E-state index >= 15 is 0 Å². The second-order valence-corrected chi connectivity index (χ2v) is 7.82. The van der Waals surface area contributed by atoms with E-state index in [-0.39, 0.29) is 0 Å². The maximum atomic E-state index is 12.2. The lowest BCUT2D eigenvalue weighted by molar-refractivity contribution is -0.140. The molecular weight excluding hydrogens is 282 g/mol. The van der Waals surface area contributed by atoms with Gasteiger partial charge in [0.15, 0.2) is 9.84 Å². The molecule has 1 aliphatic rings. The summed E-state index contributed by atoms with van der Waals surface area (Å²) in [4.78, 5) is 24.6. The van der Waals surface area contributed by atoms with Crippen LogP contribution in [0.15, 0.2) is 0 Å².